The second-order valence-corrected chi connectivity index (χ2v) is 15.8. The zero-order valence-corrected chi connectivity index (χ0v) is 36.2. The number of aromatic nitrogens is 6. The zero-order valence-electron chi connectivity index (χ0n) is 34.6. The molecule has 6 rings (SSSR count). The maximum Gasteiger partial charge on any atom is 0.248 e. The second kappa shape index (κ2) is 21.1. The van der Waals surface area contributed by atoms with Crippen molar-refractivity contribution in [1.29, 1.82) is 0 Å². The zero-order chi connectivity index (χ0) is 44.4. The molecule has 1 aliphatic heterocycles. The number of aryl methyl sites for hydroxylation is 1. The fraction of sp³-hybridized carbons (Fsp3) is 0.500. The summed E-state index contributed by atoms with van der Waals surface area (Å²) < 4.78 is 36.5. The number of hydrogen-bond acceptors (Lipinski definition) is 15. The van der Waals surface area contributed by atoms with E-state index in [2.05, 4.69) is 56.9 Å². The number of nitrogens with zero attached hydrogens (tertiary/aromatic N) is 7. The number of piperidine rings is 1. The Kier molecular flexibility index (Phi) is 15.7. The minimum absolute atomic E-state index is 0.0355. The van der Waals surface area contributed by atoms with Crippen molar-refractivity contribution in [2.45, 2.75) is 58.8 Å². The SMILES string of the molecule is CC(=O)c1nn(CC(=O)N2C3C[C@]3(C)C[C@H]2C(=O)Nc2nc(Br)c(F)cc2C)c2cnc(-c3cnc(CNC(=O)COCCOCCNC(=O)COCCOCCN)nc3)cc12. The van der Waals surface area contributed by atoms with Crippen LogP contribution in [0.25, 0.3) is 22.2 Å². The van der Waals surface area contributed by atoms with Crippen molar-refractivity contribution in [1.82, 2.24) is 45.2 Å². The molecule has 1 unspecified atom stereocenters. The van der Waals surface area contributed by atoms with E-state index in [4.69, 9.17) is 24.7 Å². The highest BCUT2D eigenvalue weighted by atomic mass is 79.9. The van der Waals surface area contributed by atoms with Gasteiger partial charge in [0.25, 0.3) is 0 Å². The van der Waals surface area contributed by atoms with Gasteiger partial charge in [0.2, 0.25) is 23.6 Å². The van der Waals surface area contributed by atoms with Gasteiger partial charge >= 0.3 is 0 Å². The van der Waals surface area contributed by atoms with Gasteiger partial charge in [0.05, 0.1) is 63.6 Å². The second-order valence-electron chi connectivity index (χ2n) is 15.1. The number of rotatable bonds is 23. The Morgan fingerprint density at radius 1 is 0.919 bits per heavy atom. The van der Waals surface area contributed by atoms with Gasteiger partial charge in [-0.1, -0.05) is 6.92 Å². The minimum atomic E-state index is -0.782. The standard InChI is InChI=1S/C40H49BrFN11O9/c1-23-12-27(42)37(41)49-38(23)50-39(58)29-14-40(3)15-31(40)53(29)35(57)20-52-30-18-45-28(13-26(30)36(51-52)24(2)54)25-16-46-32(47-17-25)19-48-34(56)22-62-11-9-60-7-5-44-33(55)21-61-10-8-59-6-4-43/h12-13,16-18,29,31H,4-11,14-15,19-22,43H2,1-3H3,(H,44,55)(H,48,56)(H,49,50,58)/t29-,31?,40-/m0/s1. The fourth-order valence-electron chi connectivity index (χ4n) is 7.04. The summed E-state index contributed by atoms with van der Waals surface area (Å²) in [6, 6.07) is 2.02. The number of fused-ring (bicyclic) bond motifs is 2. The van der Waals surface area contributed by atoms with Crippen molar-refractivity contribution in [3.63, 3.8) is 0 Å². The number of carbonyl (C=O) groups excluding carboxylic acids is 5. The van der Waals surface area contributed by atoms with Gasteiger partial charge in [0, 0.05) is 49.4 Å². The fourth-order valence-corrected chi connectivity index (χ4v) is 7.33. The van der Waals surface area contributed by atoms with Crippen LogP contribution in [-0.2, 0) is 51.2 Å². The van der Waals surface area contributed by atoms with E-state index in [0.717, 1.165) is 6.42 Å². The molecular formula is C40H49BrFN11O9. The topological polar surface area (TPSA) is 257 Å². The monoisotopic (exact) mass is 925 g/mol. The first-order valence-electron chi connectivity index (χ1n) is 20.0. The summed E-state index contributed by atoms with van der Waals surface area (Å²) in [6.45, 7) is 7.06. The van der Waals surface area contributed by atoms with Crippen molar-refractivity contribution in [3.8, 4) is 11.3 Å². The molecular weight excluding hydrogens is 877 g/mol. The lowest BCUT2D eigenvalue weighted by Crippen LogP contribution is -2.47. The van der Waals surface area contributed by atoms with Gasteiger partial charge in [0.15, 0.2) is 11.6 Å². The number of Topliss-reactive ketones (excluding diaryl/α,β-unsaturated/α-hetero) is 1. The van der Waals surface area contributed by atoms with Crippen LogP contribution in [0.1, 0.15) is 48.6 Å². The number of hydrogen-bond donors (Lipinski definition) is 4. The lowest BCUT2D eigenvalue weighted by atomic mass is 10.0. The molecule has 20 nitrogen and oxygen atoms in total. The Morgan fingerprint density at radius 2 is 1.60 bits per heavy atom. The Hall–Kier alpha value is -5.39. The van der Waals surface area contributed by atoms with Crippen LogP contribution in [0.5, 0.6) is 0 Å². The number of carbonyl (C=O) groups is 5. The molecule has 0 bridgehead atoms. The van der Waals surface area contributed by atoms with Crippen molar-refractivity contribution >= 4 is 62.1 Å². The summed E-state index contributed by atoms with van der Waals surface area (Å²) in [5.41, 5.74) is 7.13. The molecule has 62 heavy (non-hydrogen) atoms. The number of halogens is 2. The molecule has 5 N–H and O–H groups in total. The molecule has 332 valence electrons. The number of anilines is 1. The van der Waals surface area contributed by atoms with Crippen LogP contribution in [0.3, 0.4) is 0 Å². The van der Waals surface area contributed by atoms with Crippen LogP contribution in [0, 0.1) is 18.2 Å². The van der Waals surface area contributed by atoms with Gasteiger partial charge < -0.3 is 45.5 Å². The molecule has 2 fully saturated rings. The van der Waals surface area contributed by atoms with Crippen molar-refractivity contribution in [2.24, 2.45) is 11.1 Å². The quantitative estimate of drug-likeness (QED) is 0.0467. The number of ether oxygens (including phenoxy) is 4. The van der Waals surface area contributed by atoms with Gasteiger partial charge in [-0.15, -0.1) is 0 Å². The van der Waals surface area contributed by atoms with E-state index in [1.165, 1.54) is 23.9 Å². The maximum absolute atomic E-state index is 14.0. The van der Waals surface area contributed by atoms with Gasteiger partial charge in [-0.3, -0.25) is 33.6 Å². The highest BCUT2D eigenvalue weighted by Gasteiger charge is 2.64. The molecule has 4 aromatic rings. The molecule has 0 spiro atoms. The summed E-state index contributed by atoms with van der Waals surface area (Å²) in [5, 5.41) is 13.1. The summed E-state index contributed by atoms with van der Waals surface area (Å²) in [7, 11) is 0. The van der Waals surface area contributed by atoms with Gasteiger partial charge in [-0.25, -0.2) is 19.3 Å². The van der Waals surface area contributed by atoms with E-state index < -0.39 is 17.8 Å². The number of likely N-dealkylation sites (tertiary alicyclic amines) is 1. The first-order chi connectivity index (χ1) is 29.8. The van der Waals surface area contributed by atoms with Crippen molar-refractivity contribution < 1.29 is 47.3 Å². The Labute approximate surface area is 364 Å². The number of pyridine rings is 2. The lowest BCUT2D eigenvalue weighted by Gasteiger charge is -2.27. The van der Waals surface area contributed by atoms with E-state index in [0.29, 0.717) is 72.9 Å². The van der Waals surface area contributed by atoms with Crippen LogP contribution < -0.4 is 21.7 Å². The van der Waals surface area contributed by atoms with Crippen LogP contribution in [0.4, 0.5) is 10.2 Å². The first kappa shape index (κ1) is 46.1. The van der Waals surface area contributed by atoms with Gasteiger partial charge in [-0.05, 0) is 58.8 Å². The molecule has 1 aliphatic carbocycles. The first-order valence-corrected chi connectivity index (χ1v) is 20.7. The van der Waals surface area contributed by atoms with Crippen molar-refractivity contribution in [3.05, 3.63) is 58.2 Å². The van der Waals surface area contributed by atoms with Crippen LogP contribution in [0.2, 0.25) is 0 Å². The Bertz CT molecular complexity index is 2280. The molecule has 3 atom stereocenters. The third-order valence-electron chi connectivity index (χ3n) is 10.3. The summed E-state index contributed by atoms with van der Waals surface area (Å²) in [4.78, 5) is 83.3. The molecule has 0 radical (unpaired) electrons. The summed E-state index contributed by atoms with van der Waals surface area (Å²) >= 11 is 3.06. The van der Waals surface area contributed by atoms with E-state index in [9.17, 15) is 28.4 Å². The summed E-state index contributed by atoms with van der Waals surface area (Å²) in [5.74, 6) is -1.76. The number of amides is 4. The lowest BCUT2D eigenvalue weighted by molar-refractivity contribution is -0.138. The predicted molar refractivity (Wildman–Crippen MR) is 223 cm³/mol. The minimum Gasteiger partial charge on any atom is -0.378 e. The van der Waals surface area contributed by atoms with Gasteiger partial charge in [-0.2, -0.15) is 5.10 Å². The molecule has 0 aromatic carbocycles. The average Bonchev–Trinajstić information content (AvgIpc) is 3.61. The molecule has 22 heteroatoms. The maximum atomic E-state index is 14.0. The third kappa shape index (κ3) is 11.7. The molecule has 4 aromatic heterocycles. The van der Waals surface area contributed by atoms with Crippen LogP contribution in [-0.4, -0.2) is 142 Å². The number of ketones is 1. The molecule has 4 amide bonds. The smallest absolute Gasteiger partial charge is 0.248 e. The van der Waals surface area contributed by atoms with E-state index in [-0.39, 0.29) is 97.2 Å². The number of nitrogens with two attached hydrogens (primary N) is 1. The van der Waals surface area contributed by atoms with Crippen LogP contribution in [0.15, 0.2) is 35.3 Å². The molecule has 5 heterocycles. The largest absolute Gasteiger partial charge is 0.378 e. The highest BCUT2D eigenvalue weighted by molar-refractivity contribution is 9.10. The number of nitrogens with one attached hydrogen (secondary N) is 3. The van der Waals surface area contributed by atoms with Crippen LogP contribution >= 0.6 is 15.9 Å². The highest BCUT2D eigenvalue weighted by Crippen LogP contribution is 2.59. The molecule has 1 saturated heterocycles. The van der Waals surface area contributed by atoms with Crippen molar-refractivity contribution in [2.75, 3.05) is 71.3 Å². The predicted octanol–water partition coefficient (Wildman–Crippen LogP) is 1.47. The Balaban J connectivity index is 0.965. The van der Waals surface area contributed by atoms with Gasteiger partial charge in [0.1, 0.15) is 47.7 Å². The normalized spacial score (nSPS) is 17.8. The third-order valence-corrected chi connectivity index (χ3v) is 10.9. The molecule has 2 aliphatic rings. The summed E-state index contributed by atoms with van der Waals surface area (Å²) in [6.07, 6.45) is 5.81. The average molecular weight is 927 g/mol. The van der Waals surface area contributed by atoms with E-state index in [1.807, 2.05) is 6.92 Å². The van der Waals surface area contributed by atoms with E-state index in [1.54, 1.807) is 30.3 Å². The molecule has 1 saturated carbocycles. The van der Waals surface area contributed by atoms with E-state index >= 15 is 0 Å². The Morgan fingerprint density at radius 3 is 2.29 bits per heavy atom.